The Morgan fingerprint density at radius 2 is 1.67 bits per heavy atom. The summed E-state index contributed by atoms with van der Waals surface area (Å²) in [6.07, 6.45) is 2.25. The third kappa shape index (κ3) is 2.66. The van der Waals surface area contributed by atoms with Crippen LogP contribution in [0.25, 0.3) is 0 Å². The van der Waals surface area contributed by atoms with Crippen LogP contribution in [0.15, 0.2) is 67.3 Å². The van der Waals surface area contributed by atoms with E-state index in [2.05, 4.69) is 6.58 Å². The van der Waals surface area contributed by atoms with Crippen LogP contribution in [0.3, 0.4) is 0 Å². The molecule has 0 aliphatic rings. The summed E-state index contributed by atoms with van der Waals surface area (Å²) >= 11 is 0. The fourth-order valence-corrected chi connectivity index (χ4v) is 1.72. The quantitative estimate of drug-likeness (QED) is 0.585. The lowest BCUT2D eigenvalue weighted by Crippen LogP contribution is -2.05. The summed E-state index contributed by atoms with van der Waals surface area (Å²) in [5.41, 5.74) is 1.55. The van der Waals surface area contributed by atoms with Crippen LogP contribution in [0.2, 0.25) is 0 Å². The monoisotopic (exact) mass is 238 g/mol. The molecule has 2 rings (SSSR count). The minimum atomic E-state index is -0.257. The summed E-state index contributed by atoms with van der Waals surface area (Å²) in [6.45, 7) is 3.78. The Balaban J connectivity index is 2.26. The fraction of sp³-hybridized carbons (Fsp3) is 0.0625. The summed E-state index contributed by atoms with van der Waals surface area (Å²) in [5, 5.41) is 0. The Morgan fingerprint density at radius 3 is 2.33 bits per heavy atom. The molecule has 0 aliphatic carbocycles. The third-order valence-corrected chi connectivity index (χ3v) is 2.64. The van der Waals surface area contributed by atoms with Gasteiger partial charge >= 0.3 is 0 Å². The predicted octanol–water partition coefficient (Wildman–Crippen LogP) is 3.81. The summed E-state index contributed by atoms with van der Waals surface area (Å²) in [4.78, 5) is 10.9. The molecule has 2 aromatic carbocycles. The molecule has 2 nitrogen and oxygen atoms in total. The number of carbonyl (C=O) groups is 1. The molecule has 0 saturated heterocycles. The molecule has 0 radical (unpaired) electrons. The van der Waals surface area contributed by atoms with Crippen LogP contribution in [0.4, 0.5) is 0 Å². The normalized spacial score (nSPS) is 11.6. The van der Waals surface area contributed by atoms with Crippen LogP contribution in [-0.2, 0) is 0 Å². The molecule has 0 aromatic heterocycles. The Kier molecular flexibility index (Phi) is 3.92. The average molecular weight is 238 g/mol. The molecule has 2 heteroatoms. The van der Waals surface area contributed by atoms with E-state index in [-0.39, 0.29) is 6.10 Å². The number of para-hydroxylation sites is 1. The van der Waals surface area contributed by atoms with Gasteiger partial charge in [0.15, 0.2) is 6.29 Å². The standard InChI is InChI=1S/C16H14O2/c1-2-15(13-8-4-3-5-9-13)18-16-11-7-6-10-14(16)12-17/h2-12,15H,1H2. The van der Waals surface area contributed by atoms with E-state index in [0.717, 1.165) is 11.8 Å². The maximum atomic E-state index is 10.9. The first kappa shape index (κ1) is 12.1. The predicted molar refractivity (Wildman–Crippen MR) is 71.8 cm³/mol. The third-order valence-electron chi connectivity index (χ3n) is 2.64. The minimum Gasteiger partial charge on any atom is -0.481 e. The van der Waals surface area contributed by atoms with Crippen LogP contribution < -0.4 is 4.74 Å². The molecule has 0 spiro atoms. The zero-order chi connectivity index (χ0) is 12.8. The van der Waals surface area contributed by atoms with Crippen molar-refractivity contribution in [3.05, 3.63) is 78.4 Å². The minimum absolute atomic E-state index is 0.257. The van der Waals surface area contributed by atoms with Crippen LogP contribution in [0.5, 0.6) is 5.75 Å². The molecule has 90 valence electrons. The Labute approximate surface area is 107 Å². The molecule has 0 heterocycles. The lowest BCUT2D eigenvalue weighted by Gasteiger charge is -2.16. The van der Waals surface area contributed by atoms with Crippen LogP contribution in [-0.4, -0.2) is 6.29 Å². The molecule has 18 heavy (non-hydrogen) atoms. The molecular formula is C16H14O2. The van der Waals surface area contributed by atoms with E-state index in [1.165, 1.54) is 0 Å². The molecule has 0 fully saturated rings. The summed E-state index contributed by atoms with van der Waals surface area (Å²) in [6, 6.07) is 16.9. The Morgan fingerprint density at radius 1 is 1.00 bits per heavy atom. The first-order chi connectivity index (χ1) is 8.85. The average Bonchev–Trinajstić information content (AvgIpc) is 2.46. The SMILES string of the molecule is C=CC(Oc1ccccc1C=O)c1ccccc1. The van der Waals surface area contributed by atoms with Crippen molar-refractivity contribution < 1.29 is 9.53 Å². The smallest absolute Gasteiger partial charge is 0.153 e. The van der Waals surface area contributed by atoms with Gasteiger partial charge in [-0.15, -0.1) is 0 Å². The Bertz CT molecular complexity index is 532. The Hall–Kier alpha value is -2.35. The molecule has 0 bridgehead atoms. The van der Waals surface area contributed by atoms with Gasteiger partial charge in [0.05, 0.1) is 5.56 Å². The number of aldehydes is 1. The highest BCUT2D eigenvalue weighted by atomic mass is 16.5. The number of benzene rings is 2. The van der Waals surface area contributed by atoms with Gasteiger partial charge in [-0.25, -0.2) is 0 Å². The molecule has 0 saturated carbocycles. The molecule has 0 aliphatic heterocycles. The van der Waals surface area contributed by atoms with Gasteiger partial charge in [0.2, 0.25) is 0 Å². The molecule has 1 unspecified atom stereocenters. The lowest BCUT2D eigenvalue weighted by atomic mass is 10.1. The molecule has 2 aromatic rings. The van der Waals surface area contributed by atoms with E-state index in [9.17, 15) is 4.79 Å². The second-order valence-corrected chi connectivity index (χ2v) is 3.84. The van der Waals surface area contributed by atoms with Gasteiger partial charge in [-0.3, -0.25) is 4.79 Å². The second-order valence-electron chi connectivity index (χ2n) is 3.84. The highest BCUT2D eigenvalue weighted by Crippen LogP contribution is 2.25. The van der Waals surface area contributed by atoms with Crippen molar-refractivity contribution in [2.24, 2.45) is 0 Å². The molecular weight excluding hydrogens is 224 g/mol. The second kappa shape index (κ2) is 5.82. The van der Waals surface area contributed by atoms with E-state index in [1.54, 1.807) is 18.2 Å². The topological polar surface area (TPSA) is 26.3 Å². The lowest BCUT2D eigenvalue weighted by molar-refractivity contribution is 0.111. The number of rotatable bonds is 5. The van der Waals surface area contributed by atoms with E-state index < -0.39 is 0 Å². The van der Waals surface area contributed by atoms with E-state index >= 15 is 0 Å². The number of ether oxygens (including phenoxy) is 1. The van der Waals surface area contributed by atoms with Crippen LogP contribution in [0.1, 0.15) is 22.0 Å². The van der Waals surface area contributed by atoms with E-state index in [4.69, 9.17) is 4.74 Å². The van der Waals surface area contributed by atoms with Gasteiger partial charge in [0, 0.05) is 0 Å². The number of hydrogen-bond acceptors (Lipinski definition) is 2. The van der Waals surface area contributed by atoms with Crippen molar-refractivity contribution >= 4 is 6.29 Å². The maximum absolute atomic E-state index is 10.9. The summed E-state index contributed by atoms with van der Waals surface area (Å²) in [5.74, 6) is 0.571. The van der Waals surface area contributed by atoms with E-state index in [0.29, 0.717) is 11.3 Å². The first-order valence-electron chi connectivity index (χ1n) is 5.73. The van der Waals surface area contributed by atoms with E-state index in [1.807, 2.05) is 42.5 Å². The highest BCUT2D eigenvalue weighted by molar-refractivity contribution is 5.79. The van der Waals surface area contributed by atoms with Gasteiger partial charge in [-0.05, 0) is 23.8 Å². The van der Waals surface area contributed by atoms with Crippen molar-refractivity contribution in [3.63, 3.8) is 0 Å². The molecule has 0 N–H and O–H groups in total. The van der Waals surface area contributed by atoms with Gasteiger partial charge in [0.25, 0.3) is 0 Å². The number of carbonyl (C=O) groups excluding carboxylic acids is 1. The zero-order valence-electron chi connectivity index (χ0n) is 9.95. The van der Waals surface area contributed by atoms with Gasteiger partial charge in [0.1, 0.15) is 11.9 Å². The molecule has 0 amide bonds. The van der Waals surface area contributed by atoms with Crippen molar-refractivity contribution in [1.29, 1.82) is 0 Å². The maximum Gasteiger partial charge on any atom is 0.153 e. The summed E-state index contributed by atoms with van der Waals surface area (Å²) < 4.78 is 5.82. The van der Waals surface area contributed by atoms with Crippen molar-refractivity contribution in [2.45, 2.75) is 6.10 Å². The largest absolute Gasteiger partial charge is 0.481 e. The number of hydrogen-bond donors (Lipinski definition) is 0. The van der Waals surface area contributed by atoms with Crippen molar-refractivity contribution in [2.75, 3.05) is 0 Å². The first-order valence-corrected chi connectivity index (χ1v) is 5.73. The van der Waals surface area contributed by atoms with Crippen molar-refractivity contribution in [1.82, 2.24) is 0 Å². The van der Waals surface area contributed by atoms with Gasteiger partial charge in [-0.1, -0.05) is 49.0 Å². The van der Waals surface area contributed by atoms with Gasteiger partial charge in [-0.2, -0.15) is 0 Å². The van der Waals surface area contributed by atoms with Crippen molar-refractivity contribution in [3.8, 4) is 5.75 Å². The molecule has 1 atom stereocenters. The van der Waals surface area contributed by atoms with Gasteiger partial charge < -0.3 is 4.74 Å². The zero-order valence-corrected chi connectivity index (χ0v) is 9.95. The van der Waals surface area contributed by atoms with Crippen LogP contribution in [0, 0.1) is 0 Å². The summed E-state index contributed by atoms with van der Waals surface area (Å²) in [7, 11) is 0. The fourth-order valence-electron chi connectivity index (χ4n) is 1.72. The van der Waals surface area contributed by atoms with Crippen LogP contribution >= 0.6 is 0 Å². The highest BCUT2D eigenvalue weighted by Gasteiger charge is 2.10.